The van der Waals surface area contributed by atoms with Crippen LogP contribution >= 0.6 is 15.9 Å². The minimum Gasteiger partial charge on any atom is -0.479 e. The Kier molecular flexibility index (Phi) is 3.10. The molecule has 0 bridgehead atoms. The summed E-state index contributed by atoms with van der Waals surface area (Å²) in [6, 6.07) is 4.69. The molecule has 0 unspecified atom stereocenters. The van der Waals surface area contributed by atoms with Gasteiger partial charge in [-0.3, -0.25) is 0 Å². The number of aromatic carboxylic acids is 1. The number of furan rings is 1. The largest absolute Gasteiger partial charge is 0.479 e. The summed E-state index contributed by atoms with van der Waals surface area (Å²) in [6.45, 7) is 0. The number of halogens is 1. The van der Waals surface area contributed by atoms with Crippen LogP contribution in [0.2, 0.25) is 0 Å². The fourth-order valence-corrected chi connectivity index (χ4v) is 1.56. The first-order valence-corrected chi connectivity index (χ1v) is 5.32. The molecule has 88 valence electrons. The number of carboxylic acids is 1. The molecule has 2 heterocycles. The van der Waals surface area contributed by atoms with Gasteiger partial charge in [-0.1, -0.05) is 0 Å². The maximum absolute atomic E-state index is 11.0. The number of hydrogen-bond acceptors (Lipinski definition) is 5. The fraction of sp³-hybridized carbons (Fsp3) is 0.100. The van der Waals surface area contributed by atoms with Crippen molar-refractivity contribution in [3.8, 4) is 17.3 Å². The van der Waals surface area contributed by atoms with E-state index in [1.165, 1.54) is 13.2 Å². The van der Waals surface area contributed by atoms with E-state index in [1.54, 1.807) is 12.1 Å². The molecule has 0 fully saturated rings. The summed E-state index contributed by atoms with van der Waals surface area (Å²) in [7, 11) is 1.33. The van der Waals surface area contributed by atoms with Crippen molar-refractivity contribution in [1.29, 1.82) is 0 Å². The number of aromatic nitrogens is 2. The molecule has 0 saturated carbocycles. The number of nitrogens with zero attached hydrogens (tertiary/aromatic N) is 2. The molecule has 0 saturated heterocycles. The molecule has 6 nitrogen and oxygen atoms in total. The Bertz CT molecular complexity index is 567. The Morgan fingerprint density at radius 2 is 2.24 bits per heavy atom. The first-order chi connectivity index (χ1) is 8.11. The Morgan fingerprint density at radius 3 is 2.76 bits per heavy atom. The lowest BCUT2D eigenvalue weighted by molar-refractivity contribution is 0.0692. The predicted molar refractivity (Wildman–Crippen MR) is 60.9 cm³/mol. The average molecular weight is 299 g/mol. The molecule has 2 aromatic heterocycles. The molecule has 0 aromatic carbocycles. The summed E-state index contributed by atoms with van der Waals surface area (Å²) >= 11 is 3.15. The predicted octanol–water partition coefficient (Wildman–Crippen LogP) is 2.21. The van der Waals surface area contributed by atoms with Gasteiger partial charge in [-0.05, 0) is 34.1 Å². The van der Waals surface area contributed by atoms with Crippen molar-refractivity contribution >= 4 is 21.9 Å². The van der Waals surface area contributed by atoms with E-state index in [0.29, 0.717) is 16.1 Å². The van der Waals surface area contributed by atoms with Crippen LogP contribution in [-0.2, 0) is 0 Å². The van der Waals surface area contributed by atoms with E-state index in [9.17, 15) is 4.79 Å². The van der Waals surface area contributed by atoms with Crippen molar-refractivity contribution in [1.82, 2.24) is 10.2 Å². The van der Waals surface area contributed by atoms with Gasteiger partial charge in [0.25, 0.3) is 0 Å². The van der Waals surface area contributed by atoms with Gasteiger partial charge in [-0.2, -0.15) is 0 Å². The van der Waals surface area contributed by atoms with Crippen LogP contribution in [0.1, 0.15) is 10.4 Å². The van der Waals surface area contributed by atoms with E-state index >= 15 is 0 Å². The second-order valence-electron chi connectivity index (χ2n) is 3.06. The average Bonchev–Trinajstić information content (AvgIpc) is 2.75. The molecule has 0 aliphatic rings. The summed E-state index contributed by atoms with van der Waals surface area (Å²) in [6.07, 6.45) is 0. The number of carbonyl (C=O) groups is 1. The molecule has 0 spiro atoms. The Labute approximate surface area is 104 Å². The first-order valence-electron chi connectivity index (χ1n) is 4.52. The van der Waals surface area contributed by atoms with E-state index in [0.717, 1.165) is 0 Å². The smallest absolute Gasteiger partial charge is 0.341 e. The van der Waals surface area contributed by atoms with E-state index < -0.39 is 5.97 Å². The molecular formula is C10H7BrN2O4. The van der Waals surface area contributed by atoms with Crippen LogP contribution in [0, 0.1) is 0 Å². The zero-order valence-electron chi connectivity index (χ0n) is 8.68. The van der Waals surface area contributed by atoms with Gasteiger partial charge in [0.05, 0.1) is 7.11 Å². The van der Waals surface area contributed by atoms with E-state index in [-0.39, 0.29) is 11.4 Å². The summed E-state index contributed by atoms with van der Waals surface area (Å²) in [5, 5.41) is 16.5. The fourth-order valence-electron chi connectivity index (χ4n) is 1.26. The van der Waals surface area contributed by atoms with E-state index in [1.807, 2.05) is 0 Å². The summed E-state index contributed by atoms with van der Waals surface area (Å²) in [4.78, 5) is 11.0. The van der Waals surface area contributed by atoms with Crippen molar-refractivity contribution in [2.75, 3.05) is 7.11 Å². The number of carboxylic acid groups (broad SMARTS) is 1. The van der Waals surface area contributed by atoms with Crippen LogP contribution in [0.25, 0.3) is 11.5 Å². The normalized spacial score (nSPS) is 10.2. The van der Waals surface area contributed by atoms with E-state index in [4.69, 9.17) is 14.3 Å². The highest BCUT2D eigenvalue weighted by Crippen LogP contribution is 2.25. The molecule has 0 radical (unpaired) electrons. The second kappa shape index (κ2) is 4.54. The van der Waals surface area contributed by atoms with Gasteiger partial charge >= 0.3 is 5.97 Å². The summed E-state index contributed by atoms with van der Waals surface area (Å²) in [5.74, 6) is -0.745. The lowest BCUT2D eigenvalue weighted by atomic mass is 10.2. The lowest BCUT2D eigenvalue weighted by Gasteiger charge is -2.03. The molecule has 0 aliphatic heterocycles. The molecule has 2 aromatic rings. The van der Waals surface area contributed by atoms with Crippen LogP contribution in [0.4, 0.5) is 0 Å². The van der Waals surface area contributed by atoms with Crippen molar-refractivity contribution in [3.63, 3.8) is 0 Å². The Balaban J connectivity index is 2.50. The summed E-state index contributed by atoms with van der Waals surface area (Å²) in [5.41, 5.74) is 0.263. The van der Waals surface area contributed by atoms with Gasteiger partial charge in [-0.25, -0.2) is 4.79 Å². The third-order valence-electron chi connectivity index (χ3n) is 2.01. The monoisotopic (exact) mass is 298 g/mol. The maximum atomic E-state index is 11.0. The highest BCUT2D eigenvalue weighted by Gasteiger charge is 2.16. The van der Waals surface area contributed by atoms with Crippen molar-refractivity contribution in [2.24, 2.45) is 0 Å². The van der Waals surface area contributed by atoms with Gasteiger partial charge in [0.1, 0.15) is 11.3 Å². The molecular weight excluding hydrogens is 292 g/mol. The topological polar surface area (TPSA) is 85.5 Å². The highest BCUT2D eigenvalue weighted by molar-refractivity contribution is 9.10. The zero-order valence-corrected chi connectivity index (χ0v) is 10.3. The Hall–Kier alpha value is -1.89. The zero-order chi connectivity index (χ0) is 12.4. The number of hydrogen-bond donors (Lipinski definition) is 1. The molecule has 17 heavy (non-hydrogen) atoms. The van der Waals surface area contributed by atoms with Gasteiger partial charge < -0.3 is 14.3 Å². The lowest BCUT2D eigenvalue weighted by Crippen LogP contribution is -2.04. The van der Waals surface area contributed by atoms with Crippen molar-refractivity contribution < 1.29 is 19.1 Å². The molecule has 0 atom stereocenters. The van der Waals surface area contributed by atoms with Crippen LogP contribution in [0.15, 0.2) is 27.3 Å². The molecule has 0 aliphatic carbocycles. The minimum atomic E-state index is -1.14. The second-order valence-corrected chi connectivity index (χ2v) is 3.84. The van der Waals surface area contributed by atoms with E-state index in [2.05, 4.69) is 26.1 Å². The standard InChI is InChI=1S/C10H7BrN2O4/c1-16-9-5(10(14)15)4-6(12-13-9)7-2-3-8(11)17-7/h2-4H,1H3,(H,14,15). The van der Waals surface area contributed by atoms with Crippen LogP contribution in [-0.4, -0.2) is 28.4 Å². The van der Waals surface area contributed by atoms with Crippen molar-refractivity contribution in [2.45, 2.75) is 0 Å². The van der Waals surface area contributed by atoms with Crippen LogP contribution in [0.5, 0.6) is 5.88 Å². The van der Waals surface area contributed by atoms with Gasteiger partial charge in [0.15, 0.2) is 10.4 Å². The van der Waals surface area contributed by atoms with Gasteiger partial charge in [0.2, 0.25) is 5.88 Å². The van der Waals surface area contributed by atoms with Crippen molar-refractivity contribution in [3.05, 3.63) is 28.4 Å². The molecule has 7 heteroatoms. The highest BCUT2D eigenvalue weighted by atomic mass is 79.9. The van der Waals surface area contributed by atoms with Gasteiger partial charge in [0, 0.05) is 0 Å². The number of methoxy groups -OCH3 is 1. The molecule has 1 N–H and O–H groups in total. The summed E-state index contributed by atoms with van der Waals surface area (Å²) < 4.78 is 10.6. The van der Waals surface area contributed by atoms with Crippen LogP contribution < -0.4 is 4.74 Å². The number of ether oxygens (including phenoxy) is 1. The number of rotatable bonds is 3. The maximum Gasteiger partial charge on any atom is 0.341 e. The third-order valence-corrected chi connectivity index (χ3v) is 2.44. The quantitative estimate of drug-likeness (QED) is 0.935. The third kappa shape index (κ3) is 2.28. The Morgan fingerprint density at radius 1 is 1.47 bits per heavy atom. The minimum absolute atomic E-state index is 0.0353. The molecule has 0 amide bonds. The van der Waals surface area contributed by atoms with Crippen LogP contribution in [0.3, 0.4) is 0 Å². The van der Waals surface area contributed by atoms with Gasteiger partial charge in [-0.15, -0.1) is 10.2 Å². The first kappa shape index (κ1) is 11.6. The SMILES string of the molecule is COc1nnc(-c2ccc(Br)o2)cc1C(=O)O. The molecule has 2 rings (SSSR count).